The molecule has 3 rings (SSSR count). The van der Waals surface area contributed by atoms with Crippen LogP contribution in [0.1, 0.15) is 77.3 Å². The van der Waals surface area contributed by atoms with E-state index in [1.807, 2.05) is 0 Å². The lowest BCUT2D eigenvalue weighted by Gasteiger charge is -2.25. The van der Waals surface area contributed by atoms with E-state index in [-0.39, 0.29) is 11.5 Å². The van der Waals surface area contributed by atoms with Crippen molar-refractivity contribution in [3.05, 3.63) is 59.2 Å². The number of allylic oxidation sites excluding steroid dienone is 3. The van der Waals surface area contributed by atoms with Gasteiger partial charge in [-0.1, -0.05) is 75.2 Å². The first-order valence-electron chi connectivity index (χ1n) is 9.79. The lowest BCUT2D eigenvalue weighted by molar-refractivity contribution is 0.496. The van der Waals surface area contributed by atoms with Crippen LogP contribution < -0.4 is 5.43 Å². The van der Waals surface area contributed by atoms with Crippen LogP contribution in [0.2, 0.25) is 0 Å². The molecule has 2 aliphatic carbocycles. The Morgan fingerprint density at radius 3 is 2.44 bits per heavy atom. The maximum atomic E-state index is 4.81. The smallest absolute Gasteiger partial charge is 0.0726 e. The molecule has 0 radical (unpaired) electrons. The molecular weight excluding hydrogens is 304 g/mol. The summed E-state index contributed by atoms with van der Waals surface area (Å²) >= 11 is 0. The van der Waals surface area contributed by atoms with Gasteiger partial charge in [0, 0.05) is 5.71 Å². The van der Waals surface area contributed by atoms with Gasteiger partial charge in [-0.25, -0.2) is 0 Å². The Hall–Kier alpha value is -1.83. The molecule has 0 heterocycles. The molecule has 2 aliphatic rings. The van der Waals surface area contributed by atoms with Gasteiger partial charge in [-0.05, 0) is 55.1 Å². The van der Waals surface area contributed by atoms with E-state index in [9.17, 15) is 0 Å². The van der Waals surface area contributed by atoms with Gasteiger partial charge in [0.2, 0.25) is 0 Å². The highest BCUT2D eigenvalue weighted by Crippen LogP contribution is 2.38. The van der Waals surface area contributed by atoms with Crippen molar-refractivity contribution in [2.45, 2.75) is 71.8 Å². The summed E-state index contributed by atoms with van der Waals surface area (Å²) in [4.78, 5) is 0. The van der Waals surface area contributed by atoms with Crippen molar-refractivity contribution >= 4 is 5.71 Å². The zero-order valence-electron chi connectivity index (χ0n) is 16.0. The number of hydrogen-bond donors (Lipinski definition) is 1. The molecule has 134 valence electrons. The van der Waals surface area contributed by atoms with Crippen LogP contribution in [0.3, 0.4) is 0 Å². The van der Waals surface area contributed by atoms with Gasteiger partial charge in [0.15, 0.2) is 0 Å². The standard InChI is InChI=1S/C23H32N2/c1-23(2,3)21-16-10-13-19(21)17-22(18-11-6-4-7-12-18)25-24-20-14-8-5-9-15-20/h4,6-7,10-12,16,22,25H,5,8-9,13-15,17H2,1-3H3. The second-order valence-electron chi connectivity index (χ2n) is 8.41. The minimum Gasteiger partial charge on any atom is -0.302 e. The molecule has 0 aromatic heterocycles. The molecule has 1 aromatic rings. The van der Waals surface area contributed by atoms with E-state index < -0.39 is 0 Å². The third-order valence-electron chi connectivity index (χ3n) is 5.30. The molecule has 1 fully saturated rings. The summed E-state index contributed by atoms with van der Waals surface area (Å²) in [6.45, 7) is 6.93. The minimum absolute atomic E-state index is 0.207. The van der Waals surface area contributed by atoms with Crippen molar-refractivity contribution in [3.63, 3.8) is 0 Å². The molecule has 1 atom stereocenters. The van der Waals surface area contributed by atoms with Crippen LogP contribution in [0, 0.1) is 5.41 Å². The van der Waals surface area contributed by atoms with E-state index >= 15 is 0 Å². The van der Waals surface area contributed by atoms with Crippen molar-refractivity contribution in [3.8, 4) is 0 Å². The molecule has 2 nitrogen and oxygen atoms in total. The molecule has 1 saturated carbocycles. The first-order chi connectivity index (χ1) is 12.0. The van der Waals surface area contributed by atoms with Crippen LogP contribution in [0.25, 0.3) is 0 Å². The first-order valence-corrected chi connectivity index (χ1v) is 9.79. The Morgan fingerprint density at radius 1 is 1.04 bits per heavy atom. The monoisotopic (exact) mass is 336 g/mol. The molecule has 0 aliphatic heterocycles. The number of nitrogens with zero attached hydrogens (tertiary/aromatic N) is 1. The van der Waals surface area contributed by atoms with Crippen LogP contribution in [0.5, 0.6) is 0 Å². The van der Waals surface area contributed by atoms with Crippen molar-refractivity contribution in [1.29, 1.82) is 0 Å². The largest absolute Gasteiger partial charge is 0.302 e. The summed E-state index contributed by atoms with van der Waals surface area (Å²) in [6, 6.07) is 11.0. The van der Waals surface area contributed by atoms with Gasteiger partial charge < -0.3 is 5.43 Å². The Kier molecular flexibility index (Phi) is 5.78. The lowest BCUT2D eigenvalue weighted by atomic mass is 9.83. The van der Waals surface area contributed by atoms with Crippen LogP contribution >= 0.6 is 0 Å². The molecule has 2 heteroatoms. The molecule has 0 saturated heterocycles. The van der Waals surface area contributed by atoms with Gasteiger partial charge in [-0.2, -0.15) is 5.10 Å². The van der Waals surface area contributed by atoms with Crippen LogP contribution in [-0.2, 0) is 0 Å². The van der Waals surface area contributed by atoms with E-state index in [1.54, 1.807) is 5.57 Å². The lowest BCUT2D eigenvalue weighted by Crippen LogP contribution is -2.20. The maximum Gasteiger partial charge on any atom is 0.0726 e. The summed E-state index contributed by atoms with van der Waals surface area (Å²) in [5.74, 6) is 0. The zero-order chi connectivity index (χ0) is 17.7. The Labute approximate surface area is 153 Å². The average molecular weight is 337 g/mol. The molecular formula is C23H32N2. The normalized spacial score (nSPS) is 19.2. The van der Waals surface area contributed by atoms with Crippen molar-refractivity contribution < 1.29 is 0 Å². The van der Waals surface area contributed by atoms with Gasteiger partial charge in [-0.15, -0.1) is 0 Å². The SMILES string of the molecule is CC(C)(C)C1=C(CC(NN=C2CCCCC2)c2ccccc2)CC=C1. The zero-order valence-corrected chi connectivity index (χ0v) is 16.0. The fourth-order valence-electron chi connectivity index (χ4n) is 3.93. The van der Waals surface area contributed by atoms with E-state index in [1.165, 1.54) is 36.1 Å². The van der Waals surface area contributed by atoms with Crippen molar-refractivity contribution in [2.24, 2.45) is 10.5 Å². The number of nitrogens with one attached hydrogen (secondary N) is 1. The summed E-state index contributed by atoms with van der Waals surface area (Å²) in [7, 11) is 0. The van der Waals surface area contributed by atoms with Crippen LogP contribution in [-0.4, -0.2) is 5.71 Å². The van der Waals surface area contributed by atoms with E-state index in [2.05, 4.69) is 68.7 Å². The molecule has 1 N–H and O–H groups in total. The fraction of sp³-hybridized carbons (Fsp3) is 0.522. The summed E-state index contributed by atoms with van der Waals surface area (Å²) in [5.41, 5.74) is 9.47. The predicted octanol–water partition coefficient (Wildman–Crippen LogP) is 6.33. The summed E-state index contributed by atoms with van der Waals surface area (Å²) in [5, 5.41) is 4.81. The molecule has 1 unspecified atom stereocenters. The fourth-order valence-corrected chi connectivity index (χ4v) is 3.93. The Morgan fingerprint density at radius 2 is 1.76 bits per heavy atom. The summed E-state index contributed by atoms with van der Waals surface area (Å²) < 4.78 is 0. The third-order valence-corrected chi connectivity index (χ3v) is 5.30. The van der Waals surface area contributed by atoms with Crippen LogP contribution in [0.15, 0.2) is 58.7 Å². The van der Waals surface area contributed by atoms with Gasteiger partial charge in [-0.3, -0.25) is 0 Å². The minimum atomic E-state index is 0.207. The van der Waals surface area contributed by atoms with Crippen LogP contribution in [0.4, 0.5) is 0 Å². The molecule has 0 amide bonds. The first kappa shape index (κ1) is 18.0. The van der Waals surface area contributed by atoms with Crippen molar-refractivity contribution in [1.82, 2.24) is 5.43 Å². The van der Waals surface area contributed by atoms with E-state index in [0.717, 1.165) is 25.7 Å². The highest BCUT2D eigenvalue weighted by Gasteiger charge is 2.24. The van der Waals surface area contributed by atoms with E-state index in [4.69, 9.17) is 5.10 Å². The average Bonchev–Trinajstić information content (AvgIpc) is 3.09. The molecule has 25 heavy (non-hydrogen) atoms. The second-order valence-corrected chi connectivity index (χ2v) is 8.41. The Bertz CT molecular complexity index is 651. The maximum absolute atomic E-state index is 4.81. The number of hydrogen-bond acceptors (Lipinski definition) is 2. The number of hydrazone groups is 1. The number of benzene rings is 1. The number of rotatable bonds is 5. The van der Waals surface area contributed by atoms with E-state index in [0.29, 0.717) is 0 Å². The highest BCUT2D eigenvalue weighted by molar-refractivity contribution is 5.84. The highest BCUT2D eigenvalue weighted by atomic mass is 15.3. The summed E-state index contributed by atoms with van der Waals surface area (Å²) in [6.07, 6.45) is 13.0. The van der Waals surface area contributed by atoms with Gasteiger partial charge >= 0.3 is 0 Å². The third kappa shape index (κ3) is 4.84. The van der Waals surface area contributed by atoms with Gasteiger partial charge in [0.1, 0.15) is 0 Å². The molecule has 0 spiro atoms. The quantitative estimate of drug-likeness (QED) is 0.624. The van der Waals surface area contributed by atoms with Crippen molar-refractivity contribution in [2.75, 3.05) is 0 Å². The Balaban J connectivity index is 1.80. The molecule has 0 bridgehead atoms. The second kappa shape index (κ2) is 8.03. The topological polar surface area (TPSA) is 24.4 Å². The predicted molar refractivity (Wildman–Crippen MR) is 108 cm³/mol. The van der Waals surface area contributed by atoms with Gasteiger partial charge in [0.25, 0.3) is 0 Å². The molecule has 1 aromatic carbocycles. The van der Waals surface area contributed by atoms with Gasteiger partial charge in [0.05, 0.1) is 6.04 Å².